The molecule has 1 aliphatic heterocycles. The first-order chi connectivity index (χ1) is 15.6. The fraction of sp³-hybridized carbons (Fsp3) is 0.391. The summed E-state index contributed by atoms with van der Waals surface area (Å²) in [7, 11) is 0. The number of likely N-dealkylation sites (tertiary alicyclic amines) is 1. The number of pyridine rings is 1. The van der Waals surface area contributed by atoms with E-state index in [2.05, 4.69) is 20.3 Å². The number of aromatic nitrogens is 4. The molecule has 0 aromatic carbocycles. The van der Waals surface area contributed by atoms with Gasteiger partial charge >= 0.3 is 0 Å². The summed E-state index contributed by atoms with van der Waals surface area (Å²) in [5.74, 6) is 0.378. The van der Waals surface area contributed by atoms with E-state index in [4.69, 9.17) is 9.40 Å². The molecule has 1 N–H and O–H groups in total. The molecule has 5 heterocycles. The topological polar surface area (TPSA) is 89.1 Å². The Bertz CT molecular complexity index is 1220. The van der Waals surface area contributed by atoms with Crippen LogP contribution in [-0.2, 0) is 6.54 Å². The molecule has 9 heteroatoms. The molecule has 5 rings (SSSR count). The second kappa shape index (κ2) is 8.84. The Kier molecular flexibility index (Phi) is 5.75. The number of thiazole rings is 1. The van der Waals surface area contributed by atoms with E-state index in [-0.39, 0.29) is 11.9 Å². The van der Waals surface area contributed by atoms with Gasteiger partial charge < -0.3 is 4.42 Å². The van der Waals surface area contributed by atoms with Crippen molar-refractivity contribution in [2.75, 3.05) is 18.4 Å². The van der Waals surface area contributed by atoms with Crippen molar-refractivity contribution in [3.63, 3.8) is 0 Å². The lowest BCUT2D eigenvalue weighted by Crippen LogP contribution is -2.29. The van der Waals surface area contributed by atoms with Crippen LogP contribution in [0.5, 0.6) is 0 Å². The number of rotatable bonds is 6. The Morgan fingerprint density at radius 1 is 1.25 bits per heavy atom. The minimum absolute atomic E-state index is 0.110. The van der Waals surface area contributed by atoms with Gasteiger partial charge in [-0.05, 0) is 58.0 Å². The SMILES string of the molecule is CC(C)n1ncc2c(C(=O)Nc3nc(CN4CCCCC4)cs3)cc(-c3ccco3)nc21. The molecule has 8 nitrogen and oxygen atoms in total. The summed E-state index contributed by atoms with van der Waals surface area (Å²) >= 11 is 1.45. The van der Waals surface area contributed by atoms with Gasteiger partial charge in [0.15, 0.2) is 16.5 Å². The van der Waals surface area contributed by atoms with Crippen LogP contribution in [0.25, 0.3) is 22.5 Å². The average molecular weight is 451 g/mol. The van der Waals surface area contributed by atoms with Crippen LogP contribution in [-0.4, -0.2) is 43.6 Å². The molecule has 0 unspecified atom stereocenters. The summed E-state index contributed by atoms with van der Waals surface area (Å²) in [6, 6.07) is 5.50. The van der Waals surface area contributed by atoms with Crippen LogP contribution < -0.4 is 5.32 Å². The molecule has 0 aliphatic carbocycles. The van der Waals surface area contributed by atoms with Crippen LogP contribution in [0.1, 0.15) is 55.2 Å². The Labute approximate surface area is 190 Å². The number of hydrogen-bond donors (Lipinski definition) is 1. The minimum atomic E-state index is -0.229. The van der Waals surface area contributed by atoms with Crippen molar-refractivity contribution < 1.29 is 9.21 Å². The van der Waals surface area contributed by atoms with E-state index < -0.39 is 0 Å². The summed E-state index contributed by atoms with van der Waals surface area (Å²) in [6.45, 7) is 7.13. The number of nitrogens with zero attached hydrogens (tertiary/aromatic N) is 5. The van der Waals surface area contributed by atoms with Crippen molar-refractivity contribution in [3.8, 4) is 11.5 Å². The zero-order valence-electron chi connectivity index (χ0n) is 18.2. The van der Waals surface area contributed by atoms with E-state index in [9.17, 15) is 4.79 Å². The quantitative estimate of drug-likeness (QED) is 0.446. The van der Waals surface area contributed by atoms with E-state index in [1.807, 2.05) is 30.0 Å². The monoisotopic (exact) mass is 450 g/mol. The van der Waals surface area contributed by atoms with Crippen molar-refractivity contribution in [1.29, 1.82) is 0 Å². The van der Waals surface area contributed by atoms with Gasteiger partial charge in [-0.1, -0.05) is 6.42 Å². The molecular formula is C23H26N6O2S. The van der Waals surface area contributed by atoms with Gasteiger partial charge in [0.1, 0.15) is 5.69 Å². The summed E-state index contributed by atoms with van der Waals surface area (Å²) in [4.78, 5) is 25.1. The molecule has 166 valence electrons. The molecule has 32 heavy (non-hydrogen) atoms. The summed E-state index contributed by atoms with van der Waals surface area (Å²) < 4.78 is 7.35. The van der Waals surface area contributed by atoms with Crippen LogP contribution in [0.3, 0.4) is 0 Å². The van der Waals surface area contributed by atoms with Crippen molar-refractivity contribution in [2.45, 2.75) is 45.7 Å². The summed E-state index contributed by atoms with van der Waals surface area (Å²) in [6.07, 6.45) is 7.09. The lowest BCUT2D eigenvalue weighted by molar-refractivity contribution is 0.102. The number of fused-ring (bicyclic) bond motifs is 1. The van der Waals surface area contributed by atoms with Crippen molar-refractivity contribution in [1.82, 2.24) is 24.6 Å². The van der Waals surface area contributed by atoms with E-state index in [1.165, 1.54) is 30.6 Å². The first kappa shape index (κ1) is 20.8. The van der Waals surface area contributed by atoms with Gasteiger partial charge in [-0.25, -0.2) is 14.6 Å². The number of carbonyl (C=O) groups is 1. The van der Waals surface area contributed by atoms with E-state index in [0.717, 1.165) is 25.3 Å². The number of amides is 1. The second-order valence-electron chi connectivity index (χ2n) is 8.39. The Morgan fingerprint density at radius 3 is 2.84 bits per heavy atom. The maximum absolute atomic E-state index is 13.3. The van der Waals surface area contributed by atoms with Gasteiger partial charge in [-0.15, -0.1) is 11.3 Å². The van der Waals surface area contributed by atoms with Crippen molar-refractivity contribution in [2.24, 2.45) is 0 Å². The normalized spacial score (nSPS) is 15.0. The number of nitrogens with one attached hydrogen (secondary N) is 1. The number of furan rings is 1. The second-order valence-corrected chi connectivity index (χ2v) is 9.25. The van der Waals surface area contributed by atoms with Gasteiger partial charge in [-0.3, -0.25) is 15.0 Å². The number of anilines is 1. The standard InChI is InChI=1S/C23H26N6O2S/c1-15(2)29-21-18(12-24-29)17(11-19(26-21)20-7-6-10-31-20)22(30)27-23-25-16(14-32-23)13-28-8-4-3-5-9-28/h6-7,10-12,14-15H,3-5,8-9,13H2,1-2H3,(H,25,27,30). The zero-order chi connectivity index (χ0) is 22.1. The molecule has 1 fully saturated rings. The first-order valence-corrected chi connectivity index (χ1v) is 11.9. The highest BCUT2D eigenvalue weighted by atomic mass is 32.1. The molecule has 4 aromatic rings. The van der Waals surface area contributed by atoms with Gasteiger partial charge in [0.05, 0.1) is 29.1 Å². The molecule has 0 atom stereocenters. The van der Waals surface area contributed by atoms with Crippen LogP contribution in [0.4, 0.5) is 5.13 Å². The molecule has 0 bridgehead atoms. The van der Waals surface area contributed by atoms with Crippen LogP contribution in [0.2, 0.25) is 0 Å². The Balaban J connectivity index is 1.43. The predicted octanol–water partition coefficient (Wildman–Crippen LogP) is 4.97. The molecule has 1 aliphatic rings. The van der Waals surface area contributed by atoms with E-state index in [1.54, 1.807) is 24.6 Å². The maximum atomic E-state index is 13.3. The fourth-order valence-electron chi connectivity index (χ4n) is 4.08. The van der Waals surface area contributed by atoms with E-state index in [0.29, 0.717) is 33.2 Å². The molecule has 0 spiro atoms. The number of hydrogen-bond acceptors (Lipinski definition) is 7. The van der Waals surface area contributed by atoms with Gasteiger partial charge in [0, 0.05) is 18.0 Å². The molecule has 0 radical (unpaired) electrons. The van der Waals surface area contributed by atoms with Gasteiger partial charge in [0.25, 0.3) is 5.91 Å². The number of piperidine rings is 1. The molecule has 4 aromatic heterocycles. The lowest BCUT2D eigenvalue weighted by Gasteiger charge is -2.25. The summed E-state index contributed by atoms with van der Waals surface area (Å²) in [5.41, 5.74) is 2.75. The lowest BCUT2D eigenvalue weighted by atomic mass is 10.1. The smallest absolute Gasteiger partial charge is 0.258 e. The van der Waals surface area contributed by atoms with Gasteiger partial charge in [-0.2, -0.15) is 5.10 Å². The van der Waals surface area contributed by atoms with Crippen molar-refractivity contribution >= 4 is 33.4 Å². The van der Waals surface area contributed by atoms with Crippen molar-refractivity contribution in [3.05, 3.63) is 47.3 Å². The zero-order valence-corrected chi connectivity index (χ0v) is 19.1. The number of carbonyl (C=O) groups excluding carboxylic acids is 1. The third-order valence-corrected chi connectivity index (χ3v) is 6.49. The molecule has 1 amide bonds. The van der Waals surface area contributed by atoms with E-state index >= 15 is 0 Å². The van der Waals surface area contributed by atoms with Crippen LogP contribution >= 0.6 is 11.3 Å². The third-order valence-electron chi connectivity index (χ3n) is 5.68. The average Bonchev–Trinajstić information content (AvgIpc) is 3.54. The fourth-order valence-corrected chi connectivity index (χ4v) is 4.78. The maximum Gasteiger partial charge on any atom is 0.258 e. The molecule has 0 saturated carbocycles. The largest absolute Gasteiger partial charge is 0.463 e. The van der Waals surface area contributed by atoms with Gasteiger partial charge in [0.2, 0.25) is 0 Å². The van der Waals surface area contributed by atoms with Crippen LogP contribution in [0.15, 0.2) is 40.5 Å². The molecular weight excluding hydrogens is 424 g/mol. The highest BCUT2D eigenvalue weighted by Crippen LogP contribution is 2.28. The Morgan fingerprint density at radius 2 is 2.09 bits per heavy atom. The summed E-state index contributed by atoms with van der Waals surface area (Å²) in [5, 5.41) is 10.8. The third kappa shape index (κ3) is 4.18. The minimum Gasteiger partial charge on any atom is -0.463 e. The highest BCUT2D eigenvalue weighted by molar-refractivity contribution is 7.14. The van der Waals surface area contributed by atoms with Crippen LogP contribution in [0, 0.1) is 0 Å². The molecule has 1 saturated heterocycles. The highest BCUT2D eigenvalue weighted by Gasteiger charge is 2.20. The Hall–Kier alpha value is -3.04. The first-order valence-electron chi connectivity index (χ1n) is 11.0. The predicted molar refractivity (Wildman–Crippen MR) is 125 cm³/mol.